The van der Waals surface area contributed by atoms with Crippen LogP contribution in [0.25, 0.3) is 0 Å². The Labute approximate surface area is 109 Å². The molecule has 4 nitrogen and oxygen atoms in total. The molecule has 0 aliphatic heterocycles. The van der Waals surface area contributed by atoms with Crippen molar-refractivity contribution < 1.29 is 4.79 Å². The minimum atomic E-state index is -0.184. The van der Waals surface area contributed by atoms with Crippen molar-refractivity contribution in [3.8, 4) is 0 Å². The second-order valence-electron chi connectivity index (χ2n) is 5.44. The van der Waals surface area contributed by atoms with Crippen molar-refractivity contribution in [2.24, 2.45) is 5.73 Å². The van der Waals surface area contributed by atoms with Gasteiger partial charge in [0.15, 0.2) is 0 Å². The number of nitrogens with two attached hydrogens (primary N) is 1. The van der Waals surface area contributed by atoms with Crippen LogP contribution < -0.4 is 16.0 Å². The van der Waals surface area contributed by atoms with Crippen LogP contribution in [0.1, 0.15) is 25.8 Å². The lowest BCUT2D eigenvalue weighted by Gasteiger charge is -2.26. The minimum absolute atomic E-state index is 0.184. The van der Waals surface area contributed by atoms with E-state index in [1.54, 1.807) is 0 Å². The van der Waals surface area contributed by atoms with Gasteiger partial charge in [-0.05, 0) is 44.9 Å². The second-order valence-corrected chi connectivity index (χ2v) is 5.44. The Morgan fingerprint density at radius 3 is 2.67 bits per heavy atom. The Balaban J connectivity index is 2.85. The third-order valence-corrected chi connectivity index (χ3v) is 2.87. The Morgan fingerprint density at radius 1 is 1.44 bits per heavy atom. The number of hydrogen-bond acceptors (Lipinski definition) is 3. The van der Waals surface area contributed by atoms with Crippen LogP contribution in [0.2, 0.25) is 0 Å². The van der Waals surface area contributed by atoms with Crippen molar-refractivity contribution >= 4 is 17.8 Å². The molecule has 0 fully saturated rings. The number of carbonyl (C=O) groups excluding carboxylic acids is 1. The van der Waals surface area contributed by atoms with Crippen LogP contribution in [0, 0.1) is 6.92 Å². The highest BCUT2D eigenvalue weighted by Crippen LogP contribution is 2.26. The first-order valence-corrected chi connectivity index (χ1v) is 6.14. The maximum absolute atomic E-state index is 10.6. The standard InChI is InChI=1S/C14H23N3O/c1-11-5-6-12(16-10-18)13(9-11)17(4)8-7-14(2,3)15/h5-6,9-10H,7-8,15H2,1-4H3,(H,16,18). The fraction of sp³-hybridized carbons (Fsp3) is 0.500. The monoisotopic (exact) mass is 249 g/mol. The number of nitrogens with one attached hydrogen (secondary N) is 1. The van der Waals surface area contributed by atoms with E-state index in [2.05, 4.69) is 16.3 Å². The summed E-state index contributed by atoms with van der Waals surface area (Å²) in [5.74, 6) is 0. The highest BCUT2D eigenvalue weighted by atomic mass is 16.1. The Kier molecular flexibility index (Phi) is 4.73. The molecule has 0 unspecified atom stereocenters. The van der Waals surface area contributed by atoms with Gasteiger partial charge in [-0.2, -0.15) is 0 Å². The quantitative estimate of drug-likeness (QED) is 0.759. The molecule has 0 saturated carbocycles. The van der Waals surface area contributed by atoms with Crippen LogP contribution >= 0.6 is 0 Å². The Bertz CT molecular complexity index is 410. The van der Waals surface area contributed by atoms with E-state index in [1.807, 2.05) is 40.0 Å². The van der Waals surface area contributed by atoms with Gasteiger partial charge in [0, 0.05) is 19.1 Å². The molecule has 1 rings (SSSR count). The van der Waals surface area contributed by atoms with Gasteiger partial charge in [0.1, 0.15) is 0 Å². The molecule has 0 atom stereocenters. The van der Waals surface area contributed by atoms with Gasteiger partial charge < -0.3 is 16.0 Å². The molecule has 0 heterocycles. The molecule has 3 N–H and O–H groups in total. The molecule has 0 saturated heterocycles. The molecular weight excluding hydrogens is 226 g/mol. The molecule has 0 radical (unpaired) electrons. The summed E-state index contributed by atoms with van der Waals surface area (Å²) in [6.45, 7) is 6.92. The smallest absolute Gasteiger partial charge is 0.211 e. The molecule has 0 aromatic heterocycles. The number of aryl methyl sites for hydroxylation is 1. The summed E-state index contributed by atoms with van der Waals surface area (Å²) in [4.78, 5) is 12.7. The lowest BCUT2D eigenvalue weighted by molar-refractivity contribution is -0.105. The van der Waals surface area contributed by atoms with Gasteiger partial charge in [-0.3, -0.25) is 4.79 Å². The molecule has 4 heteroatoms. The van der Waals surface area contributed by atoms with Crippen molar-refractivity contribution in [2.45, 2.75) is 32.7 Å². The summed E-state index contributed by atoms with van der Waals surface area (Å²) in [5, 5.41) is 2.73. The summed E-state index contributed by atoms with van der Waals surface area (Å²) in [5.41, 5.74) is 8.82. The zero-order valence-corrected chi connectivity index (χ0v) is 11.7. The highest BCUT2D eigenvalue weighted by molar-refractivity contribution is 5.81. The fourth-order valence-electron chi connectivity index (χ4n) is 1.72. The molecule has 100 valence electrons. The van der Waals surface area contributed by atoms with E-state index in [0.717, 1.165) is 24.3 Å². The average molecular weight is 249 g/mol. The maximum atomic E-state index is 10.6. The summed E-state index contributed by atoms with van der Waals surface area (Å²) in [7, 11) is 2.01. The number of anilines is 2. The van der Waals surface area contributed by atoms with Gasteiger partial charge >= 0.3 is 0 Å². The molecule has 0 spiro atoms. The van der Waals surface area contributed by atoms with Crippen LogP contribution in [0.3, 0.4) is 0 Å². The van der Waals surface area contributed by atoms with Crippen molar-refractivity contribution in [1.29, 1.82) is 0 Å². The van der Waals surface area contributed by atoms with Gasteiger partial charge in [-0.1, -0.05) is 6.07 Å². The zero-order valence-electron chi connectivity index (χ0n) is 11.7. The average Bonchev–Trinajstić information content (AvgIpc) is 2.27. The third-order valence-electron chi connectivity index (χ3n) is 2.87. The first-order chi connectivity index (χ1) is 8.33. The number of hydrogen-bond donors (Lipinski definition) is 2. The van der Waals surface area contributed by atoms with Gasteiger partial charge in [0.2, 0.25) is 6.41 Å². The van der Waals surface area contributed by atoms with E-state index in [9.17, 15) is 4.79 Å². The van der Waals surface area contributed by atoms with Crippen molar-refractivity contribution in [3.63, 3.8) is 0 Å². The van der Waals surface area contributed by atoms with Crippen LogP contribution in [0.4, 0.5) is 11.4 Å². The van der Waals surface area contributed by atoms with Gasteiger partial charge in [0.05, 0.1) is 11.4 Å². The Hall–Kier alpha value is -1.55. The predicted octanol–water partition coefficient (Wildman–Crippen LogP) is 2.13. The lowest BCUT2D eigenvalue weighted by Crippen LogP contribution is -2.36. The topological polar surface area (TPSA) is 58.4 Å². The van der Waals surface area contributed by atoms with Gasteiger partial charge in [-0.15, -0.1) is 0 Å². The van der Waals surface area contributed by atoms with Crippen LogP contribution in [-0.4, -0.2) is 25.5 Å². The highest BCUT2D eigenvalue weighted by Gasteiger charge is 2.13. The third kappa shape index (κ3) is 4.37. The number of benzene rings is 1. The predicted molar refractivity (Wildman–Crippen MR) is 77.0 cm³/mol. The zero-order chi connectivity index (χ0) is 13.8. The maximum Gasteiger partial charge on any atom is 0.211 e. The summed E-state index contributed by atoms with van der Waals surface area (Å²) >= 11 is 0. The molecule has 1 aromatic rings. The first kappa shape index (κ1) is 14.5. The molecule has 0 aliphatic rings. The van der Waals surface area contributed by atoms with Crippen molar-refractivity contribution in [3.05, 3.63) is 23.8 Å². The molecule has 1 amide bonds. The fourth-order valence-corrected chi connectivity index (χ4v) is 1.72. The summed E-state index contributed by atoms with van der Waals surface area (Å²) in [6.07, 6.45) is 1.59. The number of carbonyl (C=O) groups is 1. The normalized spacial score (nSPS) is 11.2. The second kappa shape index (κ2) is 5.87. The molecular formula is C14H23N3O. The number of nitrogens with zero attached hydrogens (tertiary/aromatic N) is 1. The lowest BCUT2D eigenvalue weighted by atomic mass is 10.0. The Morgan fingerprint density at radius 2 is 2.11 bits per heavy atom. The molecule has 18 heavy (non-hydrogen) atoms. The van der Waals surface area contributed by atoms with Gasteiger partial charge in [0.25, 0.3) is 0 Å². The van der Waals surface area contributed by atoms with Crippen LogP contribution in [0.15, 0.2) is 18.2 Å². The van der Waals surface area contributed by atoms with E-state index in [0.29, 0.717) is 6.41 Å². The van der Waals surface area contributed by atoms with E-state index < -0.39 is 0 Å². The minimum Gasteiger partial charge on any atom is -0.373 e. The SMILES string of the molecule is Cc1ccc(NC=O)c(N(C)CCC(C)(C)N)c1. The number of amides is 1. The van der Waals surface area contributed by atoms with E-state index in [1.165, 1.54) is 5.56 Å². The largest absolute Gasteiger partial charge is 0.373 e. The summed E-state index contributed by atoms with van der Waals surface area (Å²) < 4.78 is 0. The molecule has 1 aromatic carbocycles. The molecule has 0 aliphatic carbocycles. The van der Waals surface area contributed by atoms with Crippen LogP contribution in [0.5, 0.6) is 0 Å². The van der Waals surface area contributed by atoms with Crippen LogP contribution in [-0.2, 0) is 4.79 Å². The first-order valence-electron chi connectivity index (χ1n) is 6.14. The van der Waals surface area contributed by atoms with E-state index in [-0.39, 0.29) is 5.54 Å². The van der Waals surface area contributed by atoms with Crippen molar-refractivity contribution in [1.82, 2.24) is 0 Å². The molecule has 0 bridgehead atoms. The number of rotatable bonds is 6. The van der Waals surface area contributed by atoms with Crippen molar-refractivity contribution in [2.75, 3.05) is 23.8 Å². The van der Waals surface area contributed by atoms with E-state index in [4.69, 9.17) is 5.73 Å². The van der Waals surface area contributed by atoms with Gasteiger partial charge in [-0.25, -0.2) is 0 Å². The summed E-state index contributed by atoms with van der Waals surface area (Å²) in [6, 6.07) is 5.97. The van der Waals surface area contributed by atoms with E-state index >= 15 is 0 Å².